The Labute approximate surface area is 220 Å². The predicted molar refractivity (Wildman–Crippen MR) is 139 cm³/mol. The number of amides is 1. The third-order valence-corrected chi connectivity index (χ3v) is 5.92. The highest BCUT2D eigenvalue weighted by atomic mass is 16.6. The van der Waals surface area contributed by atoms with Gasteiger partial charge in [-0.15, -0.1) is 0 Å². The van der Waals surface area contributed by atoms with Crippen molar-refractivity contribution in [2.45, 2.75) is 26.5 Å². The second-order valence-corrected chi connectivity index (χ2v) is 8.49. The fraction of sp³-hybridized carbons (Fsp3) is 0.207. The van der Waals surface area contributed by atoms with Gasteiger partial charge in [0.15, 0.2) is 0 Å². The number of aromatic nitrogens is 1. The van der Waals surface area contributed by atoms with Gasteiger partial charge in [0.05, 0.1) is 13.2 Å². The molecule has 0 unspecified atom stereocenters. The van der Waals surface area contributed by atoms with Crippen LogP contribution in [0.3, 0.4) is 0 Å². The van der Waals surface area contributed by atoms with Crippen LogP contribution in [-0.2, 0) is 11.4 Å². The van der Waals surface area contributed by atoms with Gasteiger partial charge in [0.25, 0.3) is 0 Å². The Morgan fingerprint density at radius 2 is 1.58 bits per heavy atom. The molecule has 0 saturated carbocycles. The zero-order chi connectivity index (χ0) is 27.1. The van der Waals surface area contributed by atoms with Crippen LogP contribution in [0.5, 0.6) is 17.2 Å². The maximum absolute atomic E-state index is 12.8. The molecular weight excluding hydrogens is 488 g/mol. The lowest BCUT2D eigenvalue weighted by Crippen LogP contribution is -2.39. The van der Waals surface area contributed by atoms with E-state index in [2.05, 4.69) is 4.98 Å². The van der Waals surface area contributed by atoms with E-state index in [9.17, 15) is 14.7 Å². The topological polar surface area (TPSA) is 111 Å². The summed E-state index contributed by atoms with van der Waals surface area (Å²) in [6.07, 6.45) is -0.777. The summed E-state index contributed by atoms with van der Waals surface area (Å²) < 4.78 is 22.2. The largest absolute Gasteiger partial charge is 0.497 e. The SMILES string of the molecule is COc1ccc(OC(=O)N(CC(=O)O)[C@@H](C)c2ccc(OCc3nc(-c4ccccc4)oc3C)cc2)cc1. The van der Waals surface area contributed by atoms with Gasteiger partial charge in [0.2, 0.25) is 5.89 Å². The zero-order valence-electron chi connectivity index (χ0n) is 21.3. The van der Waals surface area contributed by atoms with Gasteiger partial charge in [0, 0.05) is 5.56 Å². The highest BCUT2D eigenvalue weighted by Crippen LogP contribution is 2.26. The minimum Gasteiger partial charge on any atom is -0.497 e. The van der Waals surface area contributed by atoms with Crippen molar-refractivity contribution in [3.63, 3.8) is 0 Å². The first-order chi connectivity index (χ1) is 18.3. The molecule has 4 rings (SSSR count). The molecule has 9 heteroatoms. The van der Waals surface area contributed by atoms with Crippen molar-refractivity contribution in [3.05, 3.63) is 95.9 Å². The molecule has 1 atom stereocenters. The van der Waals surface area contributed by atoms with Crippen LogP contribution in [0.1, 0.15) is 30.0 Å². The fourth-order valence-corrected chi connectivity index (χ4v) is 3.75. The van der Waals surface area contributed by atoms with Crippen LogP contribution in [0.2, 0.25) is 0 Å². The lowest BCUT2D eigenvalue weighted by Gasteiger charge is -2.27. The van der Waals surface area contributed by atoms with Crippen molar-refractivity contribution < 1.29 is 33.3 Å². The number of carbonyl (C=O) groups is 2. The van der Waals surface area contributed by atoms with E-state index in [1.807, 2.05) is 37.3 Å². The molecule has 0 aliphatic heterocycles. The highest BCUT2D eigenvalue weighted by molar-refractivity contribution is 5.78. The molecular formula is C29H28N2O7. The molecule has 0 bridgehead atoms. The van der Waals surface area contributed by atoms with Crippen molar-refractivity contribution in [1.82, 2.24) is 9.88 Å². The molecule has 0 fully saturated rings. The minimum absolute atomic E-state index is 0.219. The van der Waals surface area contributed by atoms with E-state index < -0.39 is 24.6 Å². The molecule has 1 heterocycles. The number of benzene rings is 3. The van der Waals surface area contributed by atoms with Crippen LogP contribution >= 0.6 is 0 Å². The average molecular weight is 517 g/mol. The molecule has 0 spiro atoms. The quantitative estimate of drug-likeness (QED) is 0.278. The normalized spacial score (nSPS) is 11.4. The lowest BCUT2D eigenvalue weighted by atomic mass is 10.1. The van der Waals surface area contributed by atoms with Crippen molar-refractivity contribution >= 4 is 12.1 Å². The maximum atomic E-state index is 12.8. The predicted octanol–water partition coefficient (Wildman–Crippen LogP) is 5.88. The third-order valence-electron chi connectivity index (χ3n) is 5.92. The van der Waals surface area contributed by atoms with Gasteiger partial charge in [-0.25, -0.2) is 9.78 Å². The van der Waals surface area contributed by atoms with E-state index in [-0.39, 0.29) is 12.4 Å². The number of nitrogens with zero attached hydrogens (tertiary/aromatic N) is 2. The molecule has 9 nitrogen and oxygen atoms in total. The Hall–Kier alpha value is -4.79. The molecule has 0 radical (unpaired) electrons. The maximum Gasteiger partial charge on any atom is 0.416 e. The van der Waals surface area contributed by atoms with Gasteiger partial charge in [-0.05, 0) is 67.9 Å². The summed E-state index contributed by atoms with van der Waals surface area (Å²) in [6, 6.07) is 22.6. The van der Waals surface area contributed by atoms with Crippen LogP contribution in [0.15, 0.2) is 83.3 Å². The summed E-state index contributed by atoms with van der Waals surface area (Å²) in [6.45, 7) is 3.27. The van der Waals surface area contributed by atoms with E-state index >= 15 is 0 Å². The fourth-order valence-electron chi connectivity index (χ4n) is 3.75. The number of carboxylic acid groups (broad SMARTS) is 1. The van der Waals surface area contributed by atoms with Gasteiger partial charge >= 0.3 is 12.1 Å². The monoisotopic (exact) mass is 516 g/mol. The molecule has 0 saturated heterocycles. The van der Waals surface area contributed by atoms with E-state index in [0.717, 1.165) is 10.5 Å². The number of hydrogen-bond acceptors (Lipinski definition) is 7. The molecule has 3 aromatic carbocycles. The molecule has 0 aliphatic carbocycles. The number of aryl methyl sites for hydroxylation is 1. The summed E-state index contributed by atoms with van der Waals surface area (Å²) in [5, 5.41) is 9.38. The van der Waals surface area contributed by atoms with Gasteiger partial charge in [-0.1, -0.05) is 30.3 Å². The van der Waals surface area contributed by atoms with Crippen molar-refractivity contribution in [2.24, 2.45) is 0 Å². The smallest absolute Gasteiger partial charge is 0.416 e. The second-order valence-electron chi connectivity index (χ2n) is 8.49. The van der Waals surface area contributed by atoms with E-state index in [4.69, 9.17) is 18.6 Å². The Morgan fingerprint density at radius 3 is 2.21 bits per heavy atom. The summed E-state index contributed by atoms with van der Waals surface area (Å²) in [7, 11) is 1.53. The first-order valence-electron chi connectivity index (χ1n) is 11.9. The van der Waals surface area contributed by atoms with E-state index in [1.165, 1.54) is 7.11 Å². The highest BCUT2D eigenvalue weighted by Gasteiger charge is 2.26. The number of carbonyl (C=O) groups excluding carboxylic acids is 1. The molecule has 1 amide bonds. The summed E-state index contributed by atoms with van der Waals surface area (Å²) in [5.41, 5.74) is 2.29. The zero-order valence-corrected chi connectivity index (χ0v) is 21.3. The van der Waals surface area contributed by atoms with Crippen LogP contribution in [-0.4, -0.2) is 40.7 Å². The van der Waals surface area contributed by atoms with Gasteiger partial charge < -0.3 is 23.7 Å². The molecule has 196 valence electrons. The first-order valence-corrected chi connectivity index (χ1v) is 11.9. The van der Waals surface area contributed by atoms with Gasteiger partial charge in [-0.3, -0.25) is 9.69 Å². The number of aliphatic carboxylic acids is 1. The third kappa shape index (κ3) is 6.50. The van der Waals surface area contributed by atoms with Crippen LogP contribution in [0, 0.1) is 6.92 Å². The van der Waals surface area contributed by atoms with E-state index in [0.29, 0.717) is 34.4 Å². The van der Waals surface area contributed by atoms with Gasteiger partial charge in [0.1, 0.15) is 41.9 Å². The Balaban J connectivity index is 1.41. The number of hydrogen-bond donors (Lipinski definition) is 1. The van der Waals surface area contributed by atoms with E-state index in [1.54, 1.807) is 55.5 Å². The summed E-state index contributed by atoms with van der Waals surface area (Å²) >= 11 is 0. The van der Waals surface area contributed by atoms with Crippen LogP contribution < -0.4 is 14.2 Å². The second kappa shape index (κ2) is 12.0. The number of carboxylic acids is 1. The molecule has 38 heavy (non-hydrogen) atoms. The first kappa shape index (κ1) is 26.3. The minimum atomic E-state index is -1.15. The average Bonchev–Trinajstić information content (AvgIpc) is 3.31. The van der Waals surface area contributed by atoms with Crippen molar-refractivity contribution in [1.29, 1.82) is 0 Å². The Morgan fingerprint density at radius 1 is 0.947 bits per heavy atom. The molecule has 1 aromatic heterocycles. The summed E-state index contributed by atoms with van der Waals surface area (Å²) in [4.78, 5) is 30.0. The van der Waals surface area contributed by atoms with Crippen molar-refractivity contribution in [2.75, 3.05) is 13.7 Å². The van der Waals surface area contributed by atoms with Crippen molar-refractivity contribution in [3.8, 4) is 28.7 Å². The van der Waals surface area contributed by atoms with Gasteiger partial charge in [-0.2, -0.15) is 0 Å². The van der Waals surface area contributed by atoms with Crippen LogP contribution in [0.25, 0.3) is 11.5 Å². The standard InChI is InChI=1S/C29H28N2O7/c1-19(31(17-27(32)33)29(34)38-25-15-13-23(35-3)14-16-25)21-9-11-24(12-10-21)36-18-26-20(2)37-28(30-26)22-7-5-4-6-8-22/h4-16,19H,17-18H2,1-3H3,(H,32,33)/t19-/m0/s1. The Bertz CT molecular complexity index is 1370. The number of ether oxygens (including phenoxy) is 3. The van der Waals surface area contributed by atoms with Crippen LogP contribution in [0.4, 0.5) is 4.79 Å². The number of methoxy groups -OCH3 is 1. The number of rotatable bonds is 10. The Kier molecular flexibility index (Phi) is 8.27. The molecule has 0 aliphatic rings. The number of oxazole rings is 1. The molecule has 4 aromatic rings. The summed E-state index contributed by atoms with van der Waals surface area (Å²) in [5.74, 6) is 1.54. The molecule has 1 N–H and O–H groups in total. The lowest BCUT2D eigenvalue weighted by molar-refractivity contribution is -0.138.